The predicted molar refractivity (Wildman–Crippen MR) is 74.5 cm³/mol. The average Bonchev–Trinajstić information content (AvgIpc) is 2.62. The number of aromatic nitrogens is 1. The molecule has 1 heterocycles. The van der Waals surface area contributed by atoms with E-state index in [1.807, 2.05) is 13.2 Å². The van der Waals surface area contributed by atoms with Gasteiger partial charge in [-0.1, -0.05) is 0 Å². The smallest absolute Gasteiger partial charge is 0.267 e. The van der Waals surface area contributed by atoms with Crippen molar-refractivity contribution in [3.63, 3.8) is 0 Å². The van der Waals surface area contributed by atoms with Gasteiger partial charge in [0, 0.05) is 36.6 Å². The molecule has 1 aromatic heterocycles. The summed E-state index contributed by atoms with van der Waals surface area (Å²) in [4.78, 5) is 11.8. The first-order valence-corrected chi connectivity index (χ1v) is 7.38. The lowest BCUT2D eigenvalue weighted by molar-refractivity contribution is 0.0948. The van der Waals surface area contributed by atoms with Crippen molar-refractivity contribution in [3.05, 3.63) is 22.4 Å². The third kappa shape index (κ3) is 5.14. The third-order valence-electron chi connectivity index (χ3n) is 2.18. The highest BCUT2D eigenvalue weighted by Crippen LogP contribution is 2.13. The van der Waals surface area contributed by atoms with Crippen LogP contribution >= 0.6 is 27.7 Å². The molecule has 1 amide bonds. The summed E-state index contributed by atoms with van der Waals surface area (Å²) >= 11 is 5.07. The van der Waals surface area contributed by atoms with Crippen molar-refractivity contribution in [2.24, 2.45) is 7.05 Å². The zero-order valence-corrected chi connectivity index (χ0v) is 12.2. The van der Waals surface area contributed by atoms with Crippen LogP contribution in [0.3, 0.4) is 0 Å². The summed E-state index contributed by atoms with van der Waals surface area (Å²) in [6.45, 7) is 0.883. The first-order chi connectivity index (χ1) is 8.15. The molecule has 96 valence electrons. The largest absolute Gasteiger partial charge is 0.396 e. The Bertz CT molecular complexity index is 368. The third-order valence-corrected chi connectivity index (χ3v) is 3.69. The van der Waals surface area contributed by atoms with Crippen molar-refractivity contribution in [2.75, 3.05) is 24.7 Å². The van der Waals surface area contributed by atoms with Gasteiger partial charge in [-0.3, -0.25) is 4.79 Å². The highest BCUT2D eigenvalue weighted by atomic mass is 79.9. The highest BCUT2D eigenvalue weighted by Gasteiger charge is 2.09. The van der Waals surface area contributed by atoms with E-state index in [1.54, 1.807) is 22.4 Å². The fourth-order valence-electron chi connectivity index (χ4n) is 1.35. The second-order valence-corrected chi connectivity index (χ2v) is 5.74. The topological polar surface area (TPSA) is 54.3 Å². The molecule has 0 bridgehead atoms. The Morgan fingerprint density at radius 1 is 1.59 bits per heavy atom. The van der Waals surface area contributed by atoms with Gasteiger partial charge in [0.25, 0.3) is 5.91 Å². The van der Waals surface area contributed by atoms with Crippen LogP contribution in [-0.4, -0.2) is 40.2 Å². The van der Waals surface area contributed by atoms with E-state index in [9.17, 15) is 4.79 Å². The quantitative estimate of drug-likeness (QED) is 0.751. The Labute approximate surface area is 114 Å². The van der Waals surface area contributed by atoms with Crippen LogP contribution in [0.25, 0.3) is 0 Å². The lowest BCUT2D eigenvalue weighted by atomic mass is 10.4. The number of hydrogen-bond acceptors (Lipinski definition) is 3. The molecule has 2 N–H and O–H groups in total. The number of halogens is 1. The number of nitrogens with one attached hydrogen (secondary N) is 1. The zero-order chi connectivity index (χ0) is 12.7. The molecule has 0 aliphatic carbocycles. The van der Waals surface area contributed by atoms with Crippen LogP contribution < -0.4 is 5.32 Å². The second-order valence-electron chi connectivity index (χ2n) is 3.60. The van der Waals surface area contributed by atoms with Gasteiger partial charge in [0.1, 0.15) is 5.69 Å². The summed E-state index contributed by atoms with van der Waals surface area (Å²) in [5, 5.41) is 11.5. The van der Waals surface area contributed by atoms with Gasteiger partial charge < -0.3 is 15.0 Å². The van der Waals surface area contributed by atoms with Crippen molar-refractivity contribution in [2.45, 2.75) is 6.42 Å². The highest BCUT2D eigenvalue weighted by molar-refractivity contribution is 9.10. The van der Waals surface area contributed by atoms with Crippen molar-refractivity contribution in [3.8, 4) is 0 Å². The molecular formula is C11H17BrN2O2S. The van der Waals surface area contributed by atoms with Crippen LogP contribution in [0.5, 0.6) is 0 Å². The van der Waals surface area contributed by atoms with E-state index in [0.717, 1.165) is 22.4 Å². The monoisotopic (exact) mass is 320 g/mol. The van der Waals surface area contributed by atoms with Crippen LogP contribution in [0.4, 0.5) is 0 Å². The van der Waals surface area contributed by atoms with E-state index in [0.29, 0.717) is 12.2 Å². The summed E-state index contributed by atoms with van der Waals surface area (Å²) in [5.74, 6) is 1.75. The number of carbonyl (C=O) groups is 1. The van der Waals surface area contributed by atoms with Crippen molar-refractivity contribution < 1.29 is 9.90 Å². The number of carbonyl (C=O) groups excluding carboxylic acids is 1. The Morgan fingerprint density at radius 2 is 2.35 bits per heavy atom. The lowest BCUT2D eigenvalue weighted by Crippen LogP contribution is -2.27. The van der Waals surface area contributed by atoms with E-state index < -0.39 is 0 Å². The molecule has 0 radical (unpaired) electrons. The molecule has 0 aromatic carbocycles. The van der Waals surface area contributed by atoms with Gasteiger partial charge in [-0.15, -0.1) is 0 Å². The Balaban J connectivity index is 2.23. The van der Waals surface area contributed by atoms with Gasteiger partial charge in [-0.25, -0.2) is 0 Å². The fourth-order valence-corrected chi connectivity index (χ4v) is 2.65. The lowest BCUT2D eigenvalue weighted by Gasteiger charge is -2.05. The van der Waals surface area contributed by atoms with Crippen molar-refractivity contribution in [1.82, 2.24) is 9.88 Å². The van der Waals surface area contributed by atoms with Gasteiger partial charge in [0.15, 0.2) is 0 Å². The van der Waals surface area contributed by atoms with E-state index in [1.165, 1.54) is 0 Å². The van der Waals surface area contributed by atoms with Gasteiger partial charge >= 0.3 is 0 Å². The van der Waals surface area contributed by atoms with Crippen LogP contribution in [0.1, 0.15) is 16.9 Å². The fraction of sp³-hybridized carbons (Fsp3) is 0.545. The number of amides is 1. The minimum absolute atomic E-state index is 0.0547. The maximum Gasteiger partial charge on any atom is 0.267 e. The minimum Gasteiger partial charge on any atom is -0.396 e. The van der Waals surface area contributed by atoms with E-state index in [2.05, 4.69) is 21.2 Å². The normalized spacial score (nSPS) is 10.5. The molecule has 0 saturated heterocycles. The van der Waals surface area contributed by atoms with Crippen LogP contribution in [0.15, 0.2) is 16.7 Å². The molecular weight excluding hydrogens is 304 g/mol. The van der Waals surface area contributed by atoms with Crippen molar-refractivity contribution in [1.29, 1.82) is 0 Å². The Hall–Kier alpha value is -0.460. The summed E-state index contributed by atoms with van der Waals surface area (Å²) < 4.78 is 2.70. The number of rotatable bonds is 7. The standard InChI is InChI=1S/C11H17BrN2O2S/c1-14-8-9(12)7-10(14)11(16)13-3-6-17-5-2-4-15/h7-8,15H,2-6H2,1H3,(H,13,16). The molecule has 17 heavy (non-hydrogen) atoms. The first kappa shape index (κ1) is 14.6. The SMILES string of the molecule is Cn1cc(Br)cc1C(=O)NCCSCCCO. The van der Waals surface area contributed by atoms with Crippen LogP contribution in [0.2, 0.25) is 0 Å². The number of aliphatic hydroxyl groups excluding tert-OH is 1. The molecule has 6 heteroatoms. The van der Waals surface area contributed by atoms with Gasteiger partial charge in [0.05, 0.1) is 0 Å². The van der Waals surface area contributed by atoms with Gasteiger partial charge in [-0.2, -0.15) is 11.8 Å². The second kappa shape index (κ2) is 7.79. The molecule has 0 saturated carbocycles. The minimum atomic E-state index is -0.0547. The molecule has 4 nitrogen and oxygen atoms in total. The van der Waals surface area contributed by atoms with Gasteiger partial charge in [0.2, 0.25) is 0 Å². The van der Waals surface area contributed by atoms with Crippen LogP contribution in [0, 0.1) is 0 Å². The maximum absolute atomic E-state index is 11.8. The molecule has 0 aliphatic rings. The molecule has 0 aliphatic heterocycles. The average molecular weight is 321 g/mol. The summed E-state index contributed by atoms with van der Waals surface area (Å²) in [6.07, 6.45) is 2.66. The van der Waals surface area contributed by atoms with E-state index >= 15 is 0 Å². The zero-order valence-electron chi connectivity index (χ0n) is 9.78. The number of nitrogens with zero attached hydrogens (tertiary/aromatic N) is 1. The van der Waals surface area contributed by atoms with Crippen LogP contribution in [-0.2, 0) is 7.05 Å². The first-order valence-electron chi connectivity index (χ1n) is 5.44. The number of aryl methyl sites for hydroxylation is 1. The van der Waals surface area contributed by atoms with E-state index in [-0.39, 0.29) is 12.5 Å². The molecule has 0 fully saturated rings. The molecule has 0 atom stereocenters. The number of thioether (sulfide) groups is 1. The Kier molecular flexibility index (Phi) is 6.69. The molecule has 0 unspecified atom stereocenters. The molecule has 1 aromatic rings. The number of aliphatic hydroxyl groups is 1. The maximum atomic E-state index is 11.8. The Morgan fingerprint density at radius 3 is 2.94 bits per heavy atom. The molecule has 1 rings (SSSR count). The summed E-state index contributed by atoms with van der Waals surface area (Å²) in [7, 11) is 1.84. The van der Waals surface area contributed by atoms with Gasteiger partial charge in [-0.05, 0) is 34.2 Å². The number of hydrogen-bond donors (Lipinski definition) is 2. The summed E-state index contributed by atoms with van der Waals surface area (Å²) in [6, 6.07) is 1.80. The molecule has 0 spiro atoms. The predicted octanol–water partition coefficient (Wildman–Crippen LogP) is 1.63. The summed E-state index contributed by atoms with van der Waals surface area (Å²) in [5.41, 5.74) is 0.650. The van der Waals surface area contributed by atoms with Crippen molar-refractivity contribution >= 4 is 33.6 Å². The van der Waals surface area contributed by atoms with E-state index in [4.69, 9.17) is 5.11 Å².